The second-order valence-corrected chi connectivity index (χ2v) is 5.63. The number of piperidine rings is 1. The van der Waals surface area contributed by atoms with Crippen molar-refractivity contribution in [2.75, 3.05) is 23.7 Å². The van der Waals surface area contributed by atoms with Crippen LogP contribution in [0.2, 0.25) is 0 Å². The number of hydrogen-bond donors (Lipinski definition) is 2. The van der Waals surface area contributed by atoms with Gasteiger partial charge in [-0.1, -0.05) is 30.3 Å². The highest BCUT2D eigenvalue weighted by Crippen LogP contribution is 2.38. The Morgan fingerprint density at radius 2 is 1.87 bits per heavy atom. The van der Waals surface area contributed by atoms with Crippen LogP contribution in [0.3, 0.4) is 0 Å². The van der Waals surface area contributed by atoms with Gasteiger partial charge in [0.1, 0.15) is 5.60 Å². The first-order valence-corrected chi connectivity index (χ1v) is 7.54. The van der Waals surface area contributed by atoms with Crippen molar-refractivity contribution in [3.63, 3.8) is 0 Å². The van der Waals surface area contributed by atoms with Gasteiger partial charge in [0.15, 0.2) is 5.82 Å². The van der Waals surface area contributed by atoms with Crippen molar-refractivity contribution in [1.82, 2.24) is 4.98 Å². The number of hydrogen-bond acceptors (Lipinski definition) is 5. The molecule has 3 N–H and O–H groups in total. The molecule has 6 heteroatoms. The van der Waals surface area contributed by atoms with Crippen LogP contribution in [-0.2, 0) is 10.3 Å². The molecule has 0 spiro atoms. The summed E-state index contributed by atoms with van der Waals surface area (Å²) in [7, 11) is 0. The van der Waals surface area contributed by atoms with Gasteiger partial charge in [-0.15, -0.1) is 0 Å². The van der Waals surface area contributed by atoms with Gasteiger partial charge in [0.05, 0.1) is 5.69 Å². The first-order valence-electron chi connectivity index (χ1n) is 7.54. The Morgan fingerprint density at radius 1 is 1.17 bits per heavy atom. The van der Waals surface area contributed by atoms with E-state index in [1.165, 1.54) is 0 Å². The van der Waals surface area contributed by atoms with E-state index in [2.05, 4.69) is 9.88 Å². The molecule has 1 aromatic carbocycles. The summed E-state index contributed by atoms with van der Waals surface area (Å²) in [5, 5.41) is 9.15. The lowest BCUT2D eigenvalue weighted by molar-refractivity contribution is -0.0383. The average molecular weight is 313 g/mol. The van der Waals surface area contributed by atoms with Gasteiger partial charge >= 0.3 is 6.16 Å². The van der Waals surface area contributed by atoms with Crippen LogP contribution >= 0.6 is 0 Å². The number of carbonyl (C=O) groups is 1. The van der Waals surface area contributed by atoms with E-state index in [4.69, 9.17) is 15.6 Å². The SMILES string of the molecule is Nc1cccnc1N1CCC(OC(=O)O)(c2ccccc2)CC1. The molecular formula is C17H19N3O3. The molecule has 3 rings (SSSR count). The lowest BCUT2D eigenvalue weighted by atomic mass is 9.84. The topological polar surface area (TPSA) is 88.7 Å². The van der Waals surface area contributed by atoms with Crippen LogP contribution in [0.5, 0.6) is 0 Å². The number of nitrogens with two attached hydrogens (primary N) is 1. The Kier molecular flexibility index (Phi) is 4.06. The maximum Gasteiger partial charge on any atom is 0.506 e. The minimum atomic E-state index is -1.25. The summed E-state index contributed by atoms with van der Waals surface area (Å²) in [5.41, 5.74) is 6.68. The van der Waals surface area contributed by atoms with Crippen LogP contribution in [0.15, 0.2) is 48.7 Å². The number of ether oxygens (including phenoxy) is 1. The molecule has 0 bridgehead atoms. The molecule has 1 aliphatic rings. The molecular weight excluding hydrogens is 294 g/mol. The van der Waals surface area contributed by atoms with Gasteiger partial charge in [-0.2, -0.15) is 0 Å². The standard InChI is InChI=1S/C17H19N3O3/c18-14-7-4-10-19-15(14)20-11-8-17(9-12-20,23-16(21)22)13-5-2-1-3-6-13/h1-7,10H,8-9,11-12,18H2,(H,21,22). The molecule has 2 aromatic rings. The van der Waals surface area contributed by atoms with Crippen LogP contribution < -0.4 is 10.6 Å². The first-order chi connectivity index (χ1) is 11.1. The molecule has 2 heterocycles. The fourth-order valence-corrected chi connectivity index (χ4v) is 3.11. The lowest BCUT2D eigenvalue weighted by Crippen LogP contribution is -2.45. The van der Waals surface area contributed by atoms with Crippen molar-refractivity contribution < 1.29 is 14.6 Å². The van der Waals surface area contributed by atoms with Crippen LogP contribution in [0.25, 0.3) is 0 Å². The fraction of sp³-hybridized carbons (Fsp3) is 0.294. The third-order valence-electron chi connectivity index (χ3n) is 4.27. The van der Waals surface area contributed by atoms with Gasteiger partial charge in [0.2, 0.25) is 0 Å². The van der Waals surface area contributed by atoms with Gasteiger partial charge in [0, 0.05) is 32.1 Å². The average Bonchev–Trinajstić information content (AvgIpc) is 2.56. The Labute approximate surface area is 134 Å². The van der Waals surface area contributed by atoms with Gasteiger partial charge < -0.3 is 20.5 Å². The highest BCUT2D eigenvalue weighted by molar-refractivity contribution is 5.63. The molecule has 23 heavy (non-hydrogen) atoms. The highest BCUT2D eigenvalue weighted by Gasteiger charge is 2.40. The molecule has 0 amide bonds. The predicted molar refractivity (Wildman–Crippen MR) is 87.3 cm³/mol. The summed E-state index contributed by atoms with van der Waals surface area (Å²) < 4.78 is 5.32. The van der Waals surface area contributed by atoms with Crippen LogP contribution in [0.4, 0.5) is 16.3 Å². The molecule has 1 aliphatic heterocycles. The van der Waals surface area contributed by atoms with E-state index < -0.39 is 11.8 Å². The van der Waals surface area contributed by atoms with Crippen molar-refractivity contribution in [3.05, 3.63) is 54.2 Å². The van der Waals surface area contributed by atoms with E-state index in [1.54, 1.807) is 12.3 Å². The summed E-state index contributed by atoms with van der Waals surface area (Å²) in [6.07, 6.45) is 1.57. The third kappa shape index (κ3) is 3.06. The molecule has 120 valence electrons. The molecule has 1 aromatic heterocycles. The molecule has 0 atom stereocenters. The van der Waals surface area contributed by atoms with Crippen LogP contribution in [0, 0.1) is 0 Å². The van der Waals surface area contributed by atoms with Gasteiger partial charge in [-0.05, 0) is 17.7 Å². The van der Waals surface area contributed by atoms with E-state index in [-0.39, 0.29) is 0 Å². The van der Waals surface area contributed by atoms with E-state index in [0.717, 1.165) is 11.4 Å². The number of nitrogens with zero attached hydrogens (tertiary/aromatic N) is 2. The van der Waals surface area contributed by atoms with Gasteiger partial charge in [0.25, 0.3) is 0 Å². The number of carboxylic acid groups (broad SMARTS) is 1. The number of rotatable bonds is 3. The maximum absolute atomic E-state index is 11.2. The number of pyridine rings is 1. The van der Waals surface area contributed by atoms with Crippen molar-refractivity contribution in [1.29, 1.82) is 0 Å². The zero-order valence-corrected chi connectivity index (χ0v) is 12.7. The van der Waals surface area contributed by atoms with Crippen LogP contribution in [-0.4, -0.2) is 29.3 Å². The van der Waals surface area contributed by atoms with Crippen molar-refractivity contribution in [2.45, 2.75) is 18.4 Å². The Balaban J connectivity index is 1.83. The molecule has 1 fully saturated rings. The van der Waals surface area contributed by atoms with E-state index in [9.17, 15) is 4.79 Å². The number of aromatic nitrogens is 1. The molecule has 0 unspecified atom stereocenters. The van der Waals surface area contributed by atoms with Crippen molar-refractivity contribution >= 4 is 17.7 Å². The minimum absolute atomic E-state index is 0.555. The molecule has 0 saturated carbocycles. The third-order valence-corrected chi connectivity index (χ3v) is 4.27. The fourth-order valence-electron chi connectivity index (χ4n) is 3.11. The largest absolute Gasteiger partial charge is 0.506 e. The van der Waals surface area contributed by atoms with Gasteiger partial charge in [-0.3, -0.25) is 0 Å². The van der Waals surface area contributed by atoms with E-state index >= 15 is 0 Å². The second kappa shape index (κ2) is 6.16. The minimum Gasteiger partial charge on any atom is -0.450 e. The summed E-state index contributed by atoms with van der Waals surface area (Å²) in [6, 6.07) is 13.1. The molecule has 1 saturated heterocycles. The number of benzene rings is 1. The van der Waals surface area contributed by atoms with Crippen molar-refractivity contribution in [2.24, 2.45) is 0 Å². The second-order valence-electron chi connectivity index (χ2n) is 5.63. The van der Waals surface area contributed by atoms with Gasteiger partial charge in [-0.25, -0.2) is 9.78 Å². The molecule has 6 nitrogen and oxygen atoms in total. The normalized spacial score (nSPS) is 16.8. The lowest BCUT2D eigenvalue weighted by Gasteiger charge is -2.41. The number of anilines is 2. The number of nitrogen functional groups attached to an aromatic ring is 1. The zero-order chi connectivity index (χ0) is 16.3. The van der Waals surface area contributed by atoms with Crippen molar-refractivity contribution in [3.8, 4) is 0 Å². The monoisotopic (exact) mass is 313 g/mol. The predicted octanol–water partition coefficient (Wildman–Crippen LogP) is 2.85. The quantitative estimate of drug-likeness (QED) is 0.847. The molecule has 0 aliphatic carbocycles. The van der Waals surface area contributed by atoms with E-state index in [0.29, 0.717) is 31.6 Å². The highest BCUT2D eigenvalue weighted by atomic mass is 16.7. The first kappa shape index (κ1) is 15.1. The summed E-state index contributed by atoms with van der Waals surface area (Å²) in [6.45, 7) is 1.26. The smallest absolute Gasteiger partial charge is 0.450 e. The summed E-state index contributed by atoms with van der Waals surface area (Å²) in [5.74, 6) is 0.740. The maximum atomic E-state index is 11.2. The Morgan fingerprint density at radius 3 is 2.48 bits per heavy atom. The van der Waals surface area contributed by atoms with E-state index in [1.807, 2.05) is 36.4 Å². The molecule has 0 radical (unpaired) electrons. The summed E-state index contributed by atoms with van der Waals surface area (Å²) >= 11 is 0. The Bertz CT molecular complexity index is 682. The Hall–Kier alpha value is -2.76. The zero-order valence-electron chi connectivity index (χ0n) is 12.7. The summed E-state index contributed by atoms with van der Waals surface area (Å²) in [4.78, 5) is 17.6. The van der Waals surface area contributed by atoms with Crippen LogP contribution in [0.1, 0.15) is 18.4 Å².